The minimum atomic E-state index is -0.413. The maximum Gasteiger partial charge on any atom is 0.271 e. The lowest BCUT2D eigenvalue weighted by Gasteiger charge is -2.14. The van der Waals surface area contributed by atoms with E-state index in [9.17, 15) is 10.1 Å². The summed E-state index contributed by atoms with van der Waals surface area (Å²) in [5.41, 5.74) is 1.52. The summed E-state index contributed by atoms with van der Waals surface area (Å²) in [4.78, 5) is 10.4. The first-order chi connectivity index (χ1) is 9.04. The molecule has 1 aromatic rings. The lowest BCUT2D eigenvalue weighted by molar-refractivity contribution is -0.384. The van der Waals surface area contributed by atoms with Gasteiger partial charge in [-0.3, -0.25) is 10.1 Å². The van der Waals surface area contributed by atoms with Gasteiger partial charge in [0.1, 0.15) is 0 Å². The quantitative estimate of drug-likeness (QED) is 0.497. The highest BCUT2D eigenvalue weighted by Gasteiger charge is 2.10. The van der Waals surface area contributed by atoms with Crippen molar-refractivity contribution in [2.24, 2.45) is 5.92 Å². The largest absolute Gasteiger partial charge is 0.395 e. The van der Waals surface area contributed by atoms with Gasteiger partial charge in [-0.1, -0.05) is 13.8 Å². The van der Waals surface area contributed by atoms with E-state index >= 15 is 0 Å². The molecule has 1 aromatic carbocycles. The van der Waals surface area contributed by atoms with E-state index in [1.807, 2.05) is 0 Å². The first kappa shape index (κ1) is 15.2. The van der Waals surface area contributed by atoms with Crippen molar-refractivity contribution in [3.05, 3.63) is 28.3 Å². The van der Waals surface area contributed by atoms with Gasteiger partial charge in [0, 0.05) is 25.2 Å². The molecule has 0 saturated carbocycles. The number of nitro benzene ring substituents is 1. The third-order valence-corrected chi connectivity index (χ3v) is 2.68. The van der Waals surface area contributed by atoms with Crippen LogP contribution in [0.3, 0.4) is 0 Å². The number of benzene rings is 1. The van der Waals surface area contributed by atoms with Crippen molar-refractivity contribution in [2.75, 3.05) is 30.3 Å². The van der Waals surface area contributed by atoms with Crippen LogP contribution in [-0.2, 0) is 0 Å². The summed E-state index contributed by atoms with van der Waals surface area (Å²) >= 11 is 0. The van der Waals surface area contributed by atoms with E-state index in [2.05, 4.69) is 24.5 Å². The van der Waals surface area contributed by atoms with Crippen LogP contribution in [0.2, 0.25) is 0 Å². The average Bonchev–Trinajstić information content (AvgIpc) is 2.36. The smallest absolute Gasteiger partial charge is 0.271 e. The highest BCUT2D eigenvalue weighted by Crippen LogP contribution is 2.27. The number of hydrogen-bond donors (Lipinski definition) is 3. The van der Waals surface area contributed by atoms with E-state index in [-0.39, 0.29) is 12.3 Å². The number of nitro groups is 1. The number of nitrogens with one attached hydrogen (secondary N) is 2. The molecule has 19 heavy (non-hydrogen) atoms. The van der Waals surface area contributed by atoms with Crippen LogP contribution >= 0.6 is 0 Å². The number of aliphatic hydroxyl groups is 1. The zero-order valence-corrected chi connectivity index (χ0v) is 11.3. The summed E-state index contributed by atoms with van der Waals surface area (Å²) in [7, 11) is 0. The number of anilines is 2. The van der Waals surface area contributed by atoms with Gasteiger partial charge in [0.2, 0.25) is 0 Å². The van der Waals surface area contributed by atoms with Gasteiger partial charge in [-0.05, 0) is 18.4 Å². The molecule has 0 saturated heterocycles. The number of hydrogen-bond acceptors (Lipinski definition) is 5. The minimum Gasteiger partial charge on any atom is -0.395 e. The summed E-state index contributed by atoms with van der Waals surface area (Å²) in [6.45, 7) is 5.44. The summed E-state index contributed by atoms with van der Waals surface area (Å²) in [6.07, 6.45) is 0.988. The third-order valence-electron chi connectivity index (χ3n) is 2.68. The second-order valence-electron chi connectivity index (χ2n) is 4.75. The SMILES string of the molecule is CC(C)CCNc1cc([N+](=O)[O-])ccc1NCCO. The molecule has 0 aliphatic rings. The molecule has 0 aromatic heterocycles. The Labute approximate surface area is 113 Å². The van der Waals surface area contributed by atoms with E-state index in [0.717, 1.165) is 18.7 Å². The molecule has 0 bridgehead atoms. The summed E-state index contributed by atoms with van der Waals surface area (Å²) < 4.78 is 0. The Morgan fingerprint density at radius 1 is 1.26 bits per heavy atom. The molecule has 0 spiro atoms. The second-order valence-corrected chi connectivity index (χ2v) is 4.75. The summed E-state index contributed by atoms with van der Waals surface area (Å²) in [5, 5.41) is 25.8. The van der Waals surface area contributed by atoms with Crippen molar-refractivity contribution < 1.29 is 10.0 Å². The minimum absolute atomic E-state index is 0.0163. The van der Waals surface area contributed by atoms with Crippen LogP contribution in [-0.4, -0.2) is 29.7 Å². The van der Waals surface area contributed by atoms with Gasteiger partial charge >= 0.3 is 0 Å². The van der Waals surface area contributed by atoms with Crippen LogP contribution in [0.15, 0.2) is 18.2 Å². The van der Waals surface area contributed by atoms with E-state index in [4.69, 9.17) is 5.11 Å². The predicted molar refractivity (Wildman–Crippen MR) is 76.6 cm³/mol. The monoisotopic (exact) mass is 267 g/mol. The molecule has 3 N–H and O–H groups in total. The Morgan fingerprint density at radius 2 is 1.95 bits per heavy atom. The van der Waals surface area contributed by atoms with Gasteiger partial charge in [0.05, 0.1) is 22.9 Å². The van der Waals surface area contributed by atoms with E-state index in [1.54, 1.807) is 6.07 Å². The van der Waals surface area contributed by atoms with Gasteiger partial charge in [-0.2, -0.15) is 0 Å². The van der Waals surface area contributed by atoms with E-state index in [1.165, 1.54) is 12.1 Å². The Bertz CT molecular complexity index is 422. The van der Waals surface area contributed by atoms with Gasteiger partial charge in [0.15, 0.2) is 0 Å². The van der Waals surface area contributed by atoms with E-state index in [0.29, 0.717) is 18.2 Å². The molecular formula is C13H21N3O3. The maximum atomic E-state index is 10.8. The zero-order valence-electron chi connectivity index (χ0n) is 11.3. The molecule has 0 aliphatic carbocycles. The van der Waals surface area contributed by atoms with Crippen LogP contribution in [0.4, 0.5) is 17.1 Å². The third kappa shape index (κ3) is 5.13. The normalized spacial score (nSPS) is 10.5. The van der Waals surface area contributed by atoms with Crippen LogP contribution in [0.25, 0.3) is 0 Å². The molecule has 1 rings (SSSR count). The Kier molecular flexibility index (Phi) is 6.08. The lowest BCUT2D eigenvalue weighted by Crippen LogP contribution is -2.11. The van der Waals surface area contributed by atoms with Crippen LogP contribution < -0.4 is 10.6 Å². The lowest BCUT2D eigenvalue weighted by atomic mass is 10.1. The predicted octanol–water partition coefficient (Wildman–Crippen LogP) is 2.46. The highest BCUT2D eigenvalue weighted by molar-refractivity contribution is 5.71. The standard InChI is InChI=1S/C13H21N3O3/c1-10(2)5-6-14-13-9-11(16(18)19)3-4-12(13)15-7-8-17/h3-4,9-10,14-15,17H,5-8H2,1-2H3. The molecular weight excluding hydrogens is 246 g/mol. The average molecular weight is 267 g/mol. The fraction of sp³-hybridized carbons (Fsp3) is 0.538. The van der Waals surface area contributed by atoms with Crippen molar-refractivity contribution in [1.82, 2.24) is 0 Å². The maximum absolute atomic E-state index is 10.8. The molecule has 0 radical (unpaired) electrons. The Balaban J connectivity index is 2.81. The highest BCUT2D eigenvalue weighted by atomic mass is 16.6. The Morgan fingerprint density at radius 3 is 2.53 bits per heavy atom. The van der Waals surface area contributed by atoms with Crippen LogP contribution in [0.5, 0.6) is 0 Å². The topological polar surface area (TPSA) is 87.4 Å². The van der Waals surface area contributed by atoms with Crippen molar-refractivity contribution in [2.45, 2.75) is 20.3 Å². The number of aliphatic hydroxyl groups excluding tert-OH is 1. The van der Waals surface area contributed by atoms with Gasteiger partial charge in [-0.15, -0.1) is 0 Å². The van der Waals surface area contributed by atoms with Crippen molar-refractivity contribution in [1.29, 1.82) is 0 Å². The second kappa shape index (κ2) is 7.58. The van der Waals surface area contributed by atoms with Crippen molar-refractivity contribution in [3.63, 3.8) is 0 Å². The number of nitrogens with zero attached hydrogens (tertiary/aromatic N) is 1. The van der Waals surface area contributed by atoms with Crippen molar-refractivity contribution >= 4 is 17.1 Å². The Hall–Kier alpha value is -1.82. The molecule has 6 heteroatoms. The number of rotatable bonds is 8. The molecule has 6 nitrogen and oxygen atoms in total. The molecule has 0 amide bonds. The molecule has 0 aliphatic heterocycles. The van der Waals surface area contributed by atoms with Gasteiger partial charge in [0.25, 0.3) is 5.69 Å². The van der Waals surface area contributed by atoms with Crippen molar-refractivity contribution in [3.8, 4) is 0 Å². The molecule has 0 unspecified atom stereocenters. The molecule has 106 valence electrons. The fourth-order valence-corrected chi connectivity index (χ4v) is 1.63. The molecule has 0 atom stereocenters. The van der Waals surface area contributed by atoms with Crippen LogP contribution in [0.1, 0.15) is 20.3 Å². The summed E-state index contributed by atoms with van der Waals surface area (Å²) in [5.74, 6) is 0.569. The number of non-ortho nitro benzene ring substituents is 1. The first-order valence-electron chi connectivity index (χ1n) is 6.41. The van der Waals surface area contributed by atoms with Crippen LogP contribution in [0, 0.1) is 16.0 Å². The molecule has 0 fully saturated rings. The van der Waals surface area contributed by atoms with E-state index < -0.39 is 4.92 Å². The first-order valence-corrected chi connectivity index (χ1v) is 6.41. The van der Waals surface area contributed by atoms with Gasteiger partial charge < -0.3 is 15.7 Å². The molecule has 0 heterocycles. The fourth-order valence-electron chi connectivity index (χ4n) is 1.63. The van der Waals surface area contributed by atoms with Gasteiger partial charge in [-0.25, -0.2) is 0 Å². The zero-order chi connectivity index (χ0) is 14.3. The summed E-state index contributed by atoms with van der Waals surface area (Å²) in [6, 6.07) is 4.62.